The standard InChI is InChI=1S/C13H18N20O/c14-5-3-1-2-4-6-18-13(34)21-8-20-10(27-31-17)33(29-8)12-24-22-11(23-25-12)32-9(26-30-16)19-7(15)28-32/h1-6,14H2,(H2,15,28)(H2,18,21,29,34). The molecule has 2 amide bonds. The van der Waals surface area contributed by atoms with E-state index >= 15 is 0 Å². The molecule has 21 heteroatoms. The van der Waals surface area contributed by atoms with E-state index in [1.807, 2.05) is 0 Å². The van der Waals surface area contributed by atoms with E-state index < -0.39 is 6.03 Å². The van der Waals surface area contributed by atoms with Gasteiger partial charge in [0.25, 0.3) is 17.8 Å². The first-order valence-electron chi connectivity index (χ1n) is 9.68. The van der Waals surface area contributed by atoms with Crippen molar-refractivity contribution in [1.29, 1.82) is 0 Å². The van der Waals surface area contributed by atoms with Gasteiger partial charge < -0.3 is 16.8 Å². The van der Waals surface area contributed by atoms with Crippen LogP contribution >= 0.6 is 0 Å². The molecule has 21 nitrogen and oxygen atoms in total. The monoisotopic (exact) mass is 470 g/mol. The van der Waals surface area contributed by atoms with Gasteiger partial charge in [-0.25, -0.2) is 4.79 Å². The summed E-state index contributed by atoms with van der Waals surface area (Å²) >= 11 is 0. The van der Waals surface area contributed by atoms with Gasteiger partial charge in [-0.1, -0.05) is 12.8 Å². The third-order valence-corrected chi connectivity index (χ3v) is 3.94. The Hall–Kier alpha value is -5.13. The van der Waals surface area contributed by atoms with Gasteiger partial charge in [0.2, 0.25) is 17.8 Å². The van der Waals surface area contributed by atoms with Gasteiger partial charge in [0.15, 0.2) is 0 Å². The number of nitrogens with zero attached hydrogens (tertiary/aromatic N) is 16. The number of anilines is 2. The Balaban J connectivity index is 1.72. The molecule has 3 heterocycles. The molecule has 0 aliphatic heterocycles. The smallest absolute Gasteiger partial charge is 0.321 e. The largest absolute Gasteiger partial charge is 0.366 e. The maximum absolute atomic E-state index is 12.1. The van der Waals surface area contributed by atoms with E-state index in [9.17, 15) is 4.79 Å². The minimum atomic E-state index is -0.551. The zero-order chi connectivity index (χ0) is 24.3. The fourth-order valence-electron chi connectivity index (χ4n) is 2.51. The Kier molecular flexibility index (Phi) is 7.94. The molecule has 3 aromatic heterocycles. The van der Waals surface area contributed by atoms with Gasteiger partial charge in [-0.2, -0.15) is 19.3 Å². The van der Waals surface area contributed by atoms with Crippen LogP contribution in [0.15, 0.2) is 10.2 Å². The van der Waals surface area contributed by atoms with E-state index in [1.54, 1.807) is 0 Å². The Labute approximate surface area is 189 Å². The summed E-state index contributed by atoms with van der Waals surface area (Å²) in [6.45, 7) is 1.09. The maximum Gasteiger partial charge on any atom is 0.321 e. The number of aromatic nitrogens is 10. The summed E-state index contributed by atoms with van der Waals surface area (Å²) in [5.41, 5.74) is 28.3. The summed E-state index contributed by atoms with van der Waals surface area (Å²) in [6.07, 6.45) is 3.64. The maximum atomic E-state index is 12.1. The van der Waals surface area contributed by atoms with Gasteiger partial charge in [-0.05, 0) is 40.7 Å². The average molecular weight is 470 g/mol. The van der Waals surface area contributed by atoms with Crippen molar-refractivity contribution in [1.82, 2.24) is 55.2 Å². The van der Waals surface area contributed by atoms with Crippen molar-refractivity contribution in [3.05, 3.63) is 20.9 Å². The van der Waals surface area contributed by atoms with Gasteiger partial charge >= 0.3 is 6.03 Å². The lowest BCUT2D eigenvalue weighted by Gasteiger charge is -2.04. The molecule has 176 valence electrons. The molecular formula is C13H18N20O. The van der Waals surface area contributed by atoms with Crippen molar-refractivity contribution in [2.75, 3.05) is 24.1 Å². The number of nitrogens with one attached hydrogen (secondary N) is 2. The Morgan fingerprint density at radius 3 is 2.12 bits per heavy atom. The molecule has 0 spiro atoms. The van der Waals surface area contributed by atoms with Gasteiger partial charge in [0, 0.05) is 16.4 Å². The predicted molar refractivity (Wildman–Crippen MR) is 114 cm³/mol. The second-order valence-corrected chi connectivity index (χ2v) is 6.29. The van der Waals surface area contributed by atoms with Crippen LogP contribution in [0.25, 0.3) is 32.8 Å². The fraction of sp³-hybridized carbons (Fsp3) is 0.462. The highest BCUT2D eigenvalue weighted by atomic mass is 16.2. The molecule has 0 radical (unpaired) electrons. The lowest BCUT2D eigenvalue weighted by molar-refractivity contribution is 0.251. The van der Waals surface area contributed by atoms with Gasteiger partial charge in [-0.15, -0.1) is 30.6 Å². The van der Waals surface area contributed by atoms with Crippen molar-refractivity contribution < 1.29 is 4.79 Å². The summed E-state index contributed by atoms with van der Waals surface area (Å²) in [7, 11) is 0. The van der Waals surface area contributed by atoms with Crippen molar-refractivity contribution >= 4 is 29.8 Å². The van der Waals surface area contributed by atoms with E-state index in [4.69, 9.17) is 22.5 Å². The minimum Gasteiger partial charge on any atom is -0.366 e. The number of unbranched alkanes of at least 4 members (excludes halogenated alkanes) is 3. The molecule has 0 aromatic carbocycles. The molecule has 0 fully saturated rings. The first-order chi connectivity index (χ1) is 16.5. The SMILES string of the molecule is [N-]=[N+]=Nc1nc(N)nn1-c1nnc(-n2nc(NC(=O)NCCCCCCN)nc2N=[N+]=[N-])nn1. The van der Waals surface area contributed by atoms with Crippen LogP contribution in [0.4, 0.5) is 28.6 Å². The number of carbonyl (C=O) groups is 1. The second-order valence-electron chi connectivity index (χ2n) is 6.29. The third kappa shape index (κ3) is 5.97. The van der Waals surface area contributed by atoms with Crippen LogP contribution in [0.1, 0.15) is 25.7 Å². The number of azide groups is 2. The van der Waals surface area contributed by atoms with Crippen LogP contribution < -0.4 is 22.1 Å². The molecule has 0 saturated heterocycles. The van der Waals surface area contributed by atoms with E-state index in [-0.39, 0.29) is 35.7 Å². The van der Waals surface area contributed by atoms with Crippen LogP contribution in [0, 0.1) is 0 Å². The number of amides is 2. The highest BCUT2D eigenvalue weighted by molar-refractivity contribution is 5.87. The van der Waals surface area contributed by atoms with Crippen LogP contribution in [-0.2, 0) is 0 Å². The minimum absolute atomic E-state index is 0.176. The Bertz CT molecular complexity index is 1210. The van der Waals surface area contributed by atoms with E-state index in [2.05, 4.69) is 71.2 Å². The molecular weight excluding hydrogens is 452 g/mol. The van der Waals surface area contributed by atoms with Crippen LogP contribution in [0.5, 0.6) is 0 Å². The van der Waals surface area contributed by atoms with Crippen LogP contribution in [0.2, 0.25) is 0 Å². The molecule has 3 aromatic rings. The normalized spacial score (nSPS) is 10.3. The fourth-order valence-corrected chi connectivity index (χ4v) is 2.51. The summed E-state index contributed by atoms with van der Waals surface area (Å²) in [4.78, 5) is 24.9. The number of rotatable bonds is 11. The Morgan fingerprint density at radius 1 is 0.912 bits per heavy atom. The number of nitrogen functional groups attached to an aromatic ring is 1. The lowest BCUT2D eigenvalue weighted by Crippen LogP contribution is -2.30. The number of nitrogens with two attached hydrogens (primary N) is 2. The summed E-state index contributed by atoms with van der Waals surface area (Å²) in [6, 6.07) is -0.551. The van der Waals surface area contributed by atoms with E-state index in [0.29, 0.717) is 13.1 Å². The zero-order valence-electron chi connectivity index (χ0n) is 17.5. The number of carbonyl (C=O) groups excluding carboxylic acids is 1. The number of urea groups is 1. The van der Waals surface area contributed by atoms with Crippen molar-refractivity contribution in [2.45, 2.75) is 25.7 Å². The van der Waals surface area contributed by atoms with Gasteiger partial charge in [-0.3, -0.25) is 5.32 Å². The lowest BCUT2D eigenvalue weighted by atomic mass is 10.2. The Morgan fingerprint density at radius 2 is 1.50 bits per heavy atom. The van der Waals surface area contributed by atoms with Crippen molar-refractivity contribution in [2.24, 2.45) is 16.0 Å². The molecule has 0 aliphatic carbocycles. The van der Waals surface area contributed by atoms with Crippen LogP contribution in [0.3, 0.4) is 0 Å². The third-order valence-electron chi connectivity index (χ3n) is 3.94. The first-order valence-corrected chi connectivity index (χ1v) is 9.68. The van der Waals surface area contributed by atoms with Crippen molar-refractivity contribution in [3.63, 3.8) is 0 Å². The predicted octanol–water partition coefficient (Wildman–Crippen LogP) is 0.534. The number of hydrogen-bond donors (Lipinski definition) is 4. The molecule has 0 saturated carbocycles. The zero-order valence-corrected chi connectivity index (χ0v) is 17.5. The summed E-state index contributed by atoms with van der Waals surface area (Å²) < 4.78 is 1.83. The quantitative estimate of drug-likeness (QED) is 0.129. The molecule has 6 N–H and O–H groups in total. The highest BCUT2D eigenvalue weighted by Gasteiger charge is 2.17. The topological polar surface area (TPSA) is 304 Å². The molecule has 0 bridgehead atoms. The molecule has 3 rings (SSSR count). The van der Waals surface area contributed by atoms with Gasteiger partial charge in [0.1, 0.15) is 0 Å². The highest BCUT2D eigenvalue weighted by Crippen LogP contribution is 2.17. The summed E-state index contributed by atoms with van der Waals surface area (Å²) in [5.74, 6) is -1.35. The average Bonchev–Trinajstić information content (AvgIpc) is 3.39. The first kappa shape index (κ1) is 23.5. The van der Waals surface area contributed by atoms with Crippen LogP contribution in [-0.4, -0.2) is 69.0 Å². The summed E-state index contributed by atoms with van der Waals surface area (Å²) in [5, 5.41) is 34.8. The molecule has 0 unspecified atom stereocenters. The van der Waals surface area contributed by atoms with E-state index in [0.717, 1.165) is 35.0 Å². The van der Waals surface area contributed by atoms with Gasteiger partial charge in [0.05, 0.1) is 0 Å². The second kappa shape index (κ2) is 11.5. The van der Waals surface area contributed by atoms with Crippen molar-refractivity contribution in [3.8, 4) is 11.9 Å². The molecule has 0 aliphatic rings. The van der Waals surface area contributed by atoms with E-state index in [1.165, 1.54) is 0 Å². The number of hydrogen-bond acceptors (Lipinski definition) is 13. The molecule has 34 heavy (non-hydrogen) atoms. The molecule has 0 atom stereocenters.